The maximum Gasteiger partial charge on any atom is 0.410 e. The minimum Gasteiger partial charge on any atom is -0.508 e. The molecular weight excluding hydrogens is 298 g/mol. The Kier molecular flexibility index (Phi) is 4.63. The van der Waals surface area contributed by atoms with Crippen LogP contribution in [-0.4, -0.2) is 34.8 Å². The van der Waals surface area contributed by atoms with Crippen LogP contribution in [0.15, 0.2) is 18.2 Å². The smallest absolute Gasteiger partial charge is 0.410 e. The number of rotatable bonds is 2. The molecule has 2 rings (SSSR count). The number of benzene rings is 1. The number of hydrogen-bond acceptors (Lipinski definition) is 5. The standard InChI is InChI=1S/C17H21NO5/c1-17(2,3)23-16(21)18-9-12-11(6-8-15(20)22-4)5-7-14(19)13(12)10-18/h5-8,19H,9-10H2,1-4H3/b8-6+. The molecule has 1 N–H and O–H groups in total. The lowest BCUT2D eigenvalue weighted by molar-refractivity contribution is -0.134. The molecule has 0 spiro atoms. The highest BCUT2D eigenvalue weighted by Gasteiger charge is 2.30. The fraction of sp³-hybridized carbons (Fsp3) is 0.412. The van der Waals surface area contributed by atoms with Gasteiger partial charge >= 0.3 is 12.1 Å². The molecule has 0 saturated heterocycles. The Morgan fingerprint density at radius 2 is 1.87 bits per heavy atom. The van der Waals surface area contributed by atoms with Gasteiger partial charge in [0.1, 0.15) is 11.4 Å². The summed E-state index contributed by atoms with van der Waals surface area (Å²) >= 11 is 0. The molecule has 0 unspecified atom stereocenters. The second-order valence-corrected chi connectivity index (χ2v) is 6.32. The van der Waals surface area contributed by atoms with Gasteiger partial charge in [0, 0.05) is 11.6 Å². The van der Waals surface area contributed by atoms with E-state index in [1.807, 2.05) is 0 Å². The summed E-state index contributed by atoms with van der Waals surface area (Å²) in [6, 6.07) is 3.25. The maximum absolute atomic E-state index is 12.2. The van der Waals surface area contributed by atoms with Crippen molar-refractivity contribution in [2.45, 2.75) is 39.5 Å². The Morgan fingerprint density at radius 1 is 1.22 bits per heavy atom. The number of phenols is 1. The molecule has 0 bridgehead atoms. The summed E-state index contributed by atoms with van der Waals surface area (Å²) in [6.45, 7) is 6.00. The van der Waals surface area contributed by atoms with Crippen molar-refractivity contribution in [2.24, 2.45) is 0 Å². The van der Waals surface area contributed by atoms with Gasteiger partial charge in [-0.1, -0.05) is 6.07 Å². The molecule has 0 aliphatic carbocycles. The van der Waals surface area contributed by atoms with Gasteiger partial charge in [-0.25, -0.2) is 9.59 Å². The normalized spacial score (nSPS) is 14.0. The average molecular weight is 319 g/mol. The number of nitrogens with zero attached hydrogens (tertiary/aromatic N) is 1. The molecule has 0 saturated carbocycles. The van der Waals surface area contributed by atoms with E-state index in [4.69, 9.17) is 4.74 Å². The van der Waals surface area contributed by atoms with E-state index in [1.165, 1.54) is 18.1 Å². The van der Waals surface area contributed by atoms with Crippen molar-refractivity contribution in [3.05, 3.63) is 34.9 Å². The summed E-state index contributed by atoms with van der Waals surface area (Å²) in [5.41, 5.74) is 1.65. The van der Waals surface area contributed by atoms with Crippen LogP contribution >= 0.6 is 0 Å². The molecule has 6 nitrogen and oxygen atoms in total. The summed E-state index contributed by atoms with van der Waals surface area (Å²) in [6.07, 6.45) is 2.49. The summed E-state index contributed by atoms with van der Waals surface area (Å²) in [7, 11) is 1.30. The zero-order valence-electron chi connectivity index (χ0n) is 13.8. The molecule has 1 aliphatic heterocycles. The first-order valence-electron chi connectivity index (χ1n) is 7.29. The highest BCUT2D eigenvalue weighted by atomic mass is 16.6. The predicted octanol–water partition coefficient (Wildman–Crippen LogP) is 2.83. The van der Waals surface area contributed by atoms with Crippen LogP contribution in [0.2, 0.25) is 0 Å². The van der Waals surface area contributed by atoms with Gasteiger partial charge in [-0.15, -0.1) is 0 Å². The number of carbonyl (C=O) groups excluding carboxylic acids is 2. The number of ether oxygens (including phenoxy) is 2. The van der Waals surface area contributed by atoms with Crippen LogP contribution < -0.4 is 0 Å². The van der Waals surface area contributed by atoms with Crippen LogP contribution in [0.1, 0.15) is 37.5 Å². The minimum absolute atomic E-state index is 0.126. The lowest BCUT2D eigenvalue weighted by atomic mass is 10.0. The fourth-order valence-electron chi connectivity index (χ4n) is 2.34. The Hall–Kier alpha value is -2.50. The molecular formula is C17H21NO5. The molecule has 1 heterocycles. The molecule has 124 valence electrons. The number of methoxy groups -OCH3 is 1. The first-order chi connectivity index (χ1) is 10.7. The molecule has 1 aliphatic rings. The van der Waals surface area contributed by atoms with Crippen LogP contribution in [0.4, 0.5) is 4.79 Å². The van der Waals surface area contributed by atoms with E-state index in [2.05, 4.69) is 4.74 Å². The van der Waals surface area contributed by atoms with Crippen LogP contribution in [-0.2, 0) is 27.4 Å². The zero-order chi connectivity index (χ0) is 17.2. The summed E-state index contributed by atoms with van der Waals surface area (Å²) in [4.78, 5) is 25.0. The number of esters is 1. The molecule has 0 radical (unpaired) electrons. The number of phenolic OH excluding ortho intramolecular Hbond substituents is 1. The average Bonchev–Trinajstić information content (AvgIpc) is 2.90. The van der Waals surface area contributed by atoms with Gasteiger partial charge < -0.3 is 14.6 Å². The van der Waals surface area contributed by atoms with Gasteiger partial charge in [0.15, 0.2) is 0 Å². The van der Waals surface area contributed by atoms with Gasteiger partial charge in [0.2, 0.25) is 0 Å². The second kappa shape index (κ2) is 6.32. The highest BCUT2D eigenvalue weighted by Crippen LogP contribution is 2.34. The SMILES string of the molecule is COC(=O)/C=C/c1ccc(O)c2c1CN(C(=O)OC(C)(C)C)C2. The van der Waals surface area contributed by atoms with E-state index in [1.54, 1.807) is 39.0 Å². The Balaban J connectivity index is 2.24. The van der Waals surface area contributed by atoms with E-state index < -0.39 is 17.7 Å². The summed E-state index contributed by atoms with van der Waals surface area (Å²) in [5, 5.41) is 10.0. The number of amides is 1. The van der Waals surface area contributed by atoms with E-state index in [0.717, 1.165) is 11.1 Å². The third-order valence-electron chi connectivity index (χ3n) is 3.39. The molecule has 1 amide bonds. The first-order valence-corrected chi connectivity index (χ1v) is 7.29. The summed E-state index contributed by atoms with van der Waals surface area (Å²) < 4.78 is 9.93. The largest absolute Gasteiger partial charge is 0.508 e. The van der Waals surface area contributed by atoms with E-state index in [0.29, 0.717) is 12.1 Å². The minimum atomic E-state index is -0.582. The third-order valence-corrected chi connectivity index (χ3v) is 3.39. The molecule has 0 aromatic heterocycles. The van der Waals surface area contributed by atoms with Crippen LogP contribution in [0.5, 0.6) is 5.75 Å². The van der Waals surface area contributed by atoms with Gasteiger partial charge in [-0.3, -0.25) is 4.90 Å². The first kappa shape index (κ1) is 16.9. The van der Waals surface area contributed by atoms with Gasteiger partial charge in [-0.2, -0.15) is 0 Å². The van der Waals surface area contributed by atoms with Gasteiger partial charge in [-0.05, 0) is 44.0 Å². The molecule has 1 aromatic rings. The van der Waals surface area contributed by atoms with Crippen molar-refractivity contribution in [3.8, 4) is 5.75 Å². The maximum atomic E-state index is 12.2. The van der Waals surface area contributed by atoms with Crippen LogP contribution in [0.25, 0.3) is 6.08 Å². The predicted molar refractivity (Wildman–Crippen MR) is 84.6 cm³/mol. The molecule has 0 fully saturated rings. The second-order valence-electron chi connectivity index (χ2n) is 6.32. The number of hydrogen-bond donors (Lipinski definition) is 1. The molecule has 0 atom stereocenters. The number of fused-ring (bicyclic) bond motifs is 1. The zero-order valence-corrected chi connectivity index (χ0v) is 13.8. The lowest BCUT2D eigenvalue weighted by Crippen LogP contribution is -2.33. The molecule has 6 heteroatoms. The van der Waals surface area contributed by atoms with E-state index >= 15 is 0 Å². The number of carbonyl (C=O) groups is 2. The quantitative estimate of drug-likeness (QED) is 0.670. The van der Waals surface area contributed by atoms with Crippen molar-refractivity contribution in [2.75, 3.05) is 7.11 Å². The van der Waals surface area contributed by atoms with E-state index in [-0.39, 0.29) is 12.3 Å². The van der Waals surface area contributed by atoms with Crippen molar-refractivity contribution in [1.29, 1.82) is 0 Å². The lowest BCUT2D eigenvalue weighted by Gasteiger charge is -2.24. The van der Waals surface area contributed by atoms with Crippen LogP contribution in [0.3, 0.4) is 0 Å². The highest BCUT2D eigenvalue weighted by molar-refractivity contribution is 5.87. The fourth-order valence-corrected chi connectivity index (χ4v) is 2.34. The van der Waals surface area contributed by atoms with Crippen molar-refractivity contribution in [3.63, 3.8) is 0 Å². The van der Waals surface area contributed by atoms with E-state index in [9.17, 15) is 14.7 Å². The number of aromatic hydroxyl groups is 1. The van der Waals surface area contributed by atoms with Crippen molar-refractivity contribution in [1.82, 2.24) is 4.90 Å². The topological polar surface area (TPSA) is 76.1 Å². The monoisotopic (exact) mass is 319 g/mol. The van der Waals surface area contributed by atoms with Gasteiger partial charge in [0.25, 0.3) is 0 Å². The molecule has 1 aromatic carbocycles. The van der Waals surface area contributed by atoms with Gasteiger partial charge in [0.05, 0.1) is 20.2 Å². The van der Waals surface area contributed by atoms with Crippen molar-refractivity contribution < 1.29 is 24.2 Å². The Bertz CT molecular complexity index is 658. The third kappa shape index (κ3) is 4.03. The van der Waals surface area contributed by atoms with Crippen molar-refractivity contribution >= 4 is 18.1 Å². The van der Waals surface area contributed by atoms with Crippen LogP contribution in [0, 0.1) is 0 Å². The summed E-state index contributed by atoms with van der Waals surface area (Å²) in [5.74, 6) is -0.338. The molecule has 23 heavy (non-hydrogen) atoms. The Morgan fingerprint density at radius 3 is 2.48 bits per heavy atom. The Labute approximate surface area is 135 Å².